The number of rotatable bonds is 3. The van der Waals surface area contributed by atoms with Crippen LogP contribution in [0.1, 0.15) is 22.9 Å². The predicted molar refractivity (Wildman–Crippen MR) is 62.2 cm³/mol. The molecule has 0 amide bonds. The van der Waals surface area contributed by atoms with Crippen molar-refractivity contribution in [1.82, 2.24) is 10.5 Å². The molecule has 1 aliphatic heterocycles. The highest BCUT2D eigenvalue weighted by Crippen LogP contribution is 2.24. The molecule has 4 heteroatoms. The monoisotopic (exact) mass is 230 g/mol. The van der Waals surface area contributed by atoms with Crippen LogP contribution in [-0.4, -0.2) is 11.8 Å². The fourth-order valence-corrected chi connectivity index (χ4v) is 2.11. The van der Waals surface area contributed by atoms with Crippen LogP contribution >= 0.6 is 0 Å². The van der Waals surface area contributed by atoms with Gasteiger partial charge in [0.2, 0.25) is 0 Å². The zero-order chi connectivity index (χ0) is 11.5. The molecule has 0 fully saturated rings. The summed E-state index contributed by atoms with van der Waals surface area (Å²) in [5, 5.41) is 7.31. The van der Waals surface area contributed by atoms with Crippen LogP contribution in [0.15, 0.2) is 41.1 Å². The van der Waals surface area contributed by atoms with Crippen molar-refractivity contribution in [2.45, 2.75) is 19.2 Å². The minimum atomic E-state index is 0.233. The van der Waals surface area contributed by atoms with E-state index in [0.717, 1.165) is 5.69 Å². The summed E-state index contributed by atoms with van der Waals surface area (Å²) in [6.45, 7) is 2.10. The zero-order valence-electron chi connectivity index (χ0n) is 9.43. The highest BCUT2D eigenvalue weighted by Gasteiger charge is 2.19. The number of nitrogens with zero attached hydrogens (tertiary/aromatic N) is 1. The molecule has 1 atom stereocenters. The van der Waals surface area contributed by atoms with E-state index >= 15 is 0 Å². The Kier molecular flexibility index (Phi) is 2.90. The van der Waals surface area contributed by atoms with Gasteiger partial charge in [-0.05, 0) is 11.1 Å². The third kappa shape index (κ3) is 2.23. The first-order valence-corrected chi connectivity index (χ1v) is 5.71. The fraction of sp³-hybridized carbons (Fsp3) is 0.308. The molecule has 2 heterocycles. The Morgan fingerprint density at radius 2 is 2.24 bits per heavy atom. The lowest BCUT2D eigenvalue weighted by Crippen LogP contribution is -2.29. The molecule has 4 nitrogen and oxygen atoms in total. The molecule has 2 aromatic rings. The van der Waals surface area contributed by atoms with E-state index in [1.165, 1.54) is 11.1 Å². The summed E-state index contributed by atoms with van der Waals surface area (Å²) >= 11 is 0. The topological polar surface area (TPSA) is 47.3 Å². The van der Waals surface area contributed by atoms with Crippen LogP contribution in [0, 0.1) is 0 Å². The van der Waals surface area contributed by atoms with Crippen molar-refractivity contribution in [2.24, 2.45) is 0 Å². The Morgan fingerprint density at radius 1 is 1.29 bits per heavy atom. The summed E-state index contributed by atoms with van der Waals surface area (Å²) in [6.07, 6.45) is 1.59. The van der Waals surface area contributed by atoms with Gasteiger partial charge in [0.1, 0.15) is 6.26 Å². The summed E-state index contributed by atoms with van der Waals surface area (Å²) in [4.78, 5) is 0. The van der Waals surface area contributed by atoms with Gasteiger partial charge in [-0.3, -0.25) is 0 Å². The van der Waals surface area contributed by atoms with Crippen LogP contribution in [0.4, 0.5) is 0 Å². The van der Waals surface area contributed by atoms with Gasteiger partial charge in [-0.15, -0.1) is 0 Å². The number of ether oxygens (including phenoxy) is 1. The first-order valence-electron chi connectivity index (χ1n) is 5.71. The van der Waals surface area contributed by atoms with Crippen LogP contribution < -0.4 is 5.32 Å². The minimum absolute atomic E-state index is 0.233. The van der Waals surface area contributed by atoms with Crippen LogP contribution in [0.5, 0.6) is 0 Å². The van der Waals surface area contributed by atoms with E-state index in [9.17, 15) is 0 Å². The van der Waals surface area contributed by atoms with Gasteiger partial charge in [0.05, 0.1) is 24.9 Å². The molecule has 1 aliphatic rings. The number of hydrogen-bond acceptors (Lipinski definition) is 4. The van der Waals surface area contributed by atoms with Crippen molar-refractivity contribution in [2.75, 3.05) is 6.61 Å². The molecule has 0 radical (unpaired) electrons. The van der Waals surface area contributed by atoms with Crippen LogP contribution in [-0.2, 0) is 17.9 Å². The molecule has 1 N–H and O–H groups in total. The van der Waals surface area contributed by atoms with E-state index in [-0.39, 0.29) is 6.04 Å². The van der Waals surface area contributed by atoms with E-state index in [1.54, 1.807) is 6.26 Å². The van der Waals surface area contributed by atoms with Crippen molar-refractivity contribution in [3.63, 3.8) is 0 Å². The second kappa shape index (κ2) is 4.69. The molecule has 1 aromatic carbocycles. The number of nitrogens with one attached hydrogen (secondary N) is 1. The van der Waals surface area contributed by atoms with E-state index in [2.05, 4.69) is 28.7 Å². The smallest absolute Gasteiger partial charge is 0.124 e. The van der Waals surface area contributed by atoms with Crippen molar-refractivity contribution in [3.8, 4) is 0 Å². The third-order valence-corrected chi connectivity index (χ3v) is 2.99. The van der Waals surface area contributed by atoms with Crippen molar-refractivity contribution < 1.29 is 9.26 Å². The summed E-state index contributed by atoms with van der Waals surface area (Å²) < 4.78 is 10.4. The zero-order valence-corrected chi connectivity index (χ0v) is 9.43. The summed E-state index contributed by atoms with van der Waals surface area (Å²) in [6, 6.07) is 10.5. The van der Waals surface area contributed by atoms with E-state index in [0.29, 0.717) is 19.8 Å². The van der Waals surface area contributed by atoms with Crippen LogP contribution in [0.25, 0.3) is 0 Å². The lowest BCUT2D eigenvalue weighted by molar-refractivity contribution is 0.0815. The Labute approximate surface area is 99.6 Å². The molecule has 0 spiro atoms. The van der Waals surface area contributed by atoms with Gasteiger partial charge < -0.3 is 14.6 Å². The first-order chi connectivity index (χ1) is 8.43. The molecular formula is C13H14N2O2. The van der Waals surface area contributed by atoms with Crippen molar-refractivity contribution >= 4 is 0 Å². The average molecular weight is 230 g/mol. The van der Waals surface area contributed by atoms with Crippen LogP contribution in [0.3, 0.4) is 0 Å². The molecule has 0 saturated carbocycles. The maximum atomic E-state index is 5.57. The molecule has 1 aromatic heterocycles. The fourth-order valence-electron chi connectivity index (χ4n) is 2.11. The standard InChI is InChI=1S/C13H14N2O2/c1-2-4-12-10(3-1)8-16-9-13(12)14-7-11-5-6-17-15-11/h1-6,13-14H,7-9H2. The minimum Gasteiger partial charge on any atom is -0.375 e. The lowest BCUT2D eigenvalue weighted by Gasteiger charge is -2.26. The molecule has 0 saturated heterocycles. The van der Waals surface area contributed by atoms with Gasteiger partial charge >= 0.3 is 0 Å². The number of hydrogen-bond donors (Lipinski definition) is 1. The molecule has 17 heavy (non-hydrogen) atoms. The van der Waals surface area contributed by atoms with Gasteiger partial charge in [-0.25, -0.2) is 0 Å². The summed E-state index contributed by atoms with van der Waals surface area (Å²) in [5.74, 6) is 0. The normalized spacial score (nSPS) is 18.9. The van der Waals surface area contributed by atoms with Crippen LogP contribution in [0.2, 0.25) is 0 Å². The molecule has 0 aliphatic carbocycles. The Bertz CT molecular complexity index is 482. The second-order valence-electron chi connectivity index (χ2n) is 4.14. The number of benzene rings is 1. The van der Waals surface area contributed by atoms with E-state index in [4.69, 9.17) is 9.26 Å². The van der Waals surface area contributed by atoms with Crippen molar-refractivity contribution in [3.05, 3.63) is 53.4 Å². The largest absolute Gasteiger partial charge is 0.375 e. The second-order valence-corrected chi connectivity index (χ2v) is 4.14. The van der Waals surface area contributed by atoms with Gasteiger partial charge in [-0.1, -0.05) is 29.4 Å². The summed E-state index contributed by atoms with van der Waals surface area (Å²) in [7, 11) is 0. The number of fused-ring (bicyclic) bond motifs is 1. The van der Waals surface area contributed by atoms with Gasteiger partial charge in [0.25, 0.3) is 0 Å². The van der Waals surface area contributed by atoms with Gasteiger partial charge in [0, 0.05) is 12.6 Å². The molecule has 1 unspecified atom stereocenters. The van der Waals surface area contributed by atoms with E-state index < -0.39 is 0 Å². The van der Waals surface area contributed by atoms with E-state index in [1.807, 2.05) is 12.1 Å². The molecular weight excluding hydrogens is 216 g/mol. The average Bonchev–Trinajstić information content (AvgIpc) is 2.89. The Hall–Kier alpha value is -1.65. The lowest BCUT2D eigenvalue weighted by atomic mass is 9.99. The maximum Gasteiger partial charge on any atom is 0.124 e. The Morgan fingerprint density at radius 3 is 3.12 bits per heavy atom. The van der Waals surface area contributed by atoms with Crippen molar-refractivity contribution in [1.29, 1.82) is 0 Å². The SMILES string of the molecule is c1ccc2c(c1)COCC2NCc1ccon1. The van der Waals surface area contributed by atoms with Gasteiger partial charge in [-0.2, -0.15) is 0 Å². The highest BCUT2D eigenvalue weighted by atomic mass is 16.5. The first kappa shape index (κ1) is 10.5. The quantitative estimate of drug-likeness (QED) is 0.876. The highest BCUT2D eigenvalue weighted by molar-refractivity contribution is 5.31. The maximum absolute atomic E-state index is 5.57. The van der Waals surface area contributed by atoms with Gasteiger partial charge in [0.15, 0.2) is 0 Å². The Balaban J connectivity index is 1.72. The summed E-state index contributed by atoms with van der Waals surface area (Å²) in [5.41, 5.74) is 3.49. The number of aromatic nitrogens is 1. The molecule has 88 valence electrons. The molecule has 3 rings (SSSR count). The molecule has 0 bridgehead atoms. The third-order valence-electron chi connectivity index (χ3n) is 2.99. The predicted octanol–water partition coefficient (Wildman–Crippen LogP) is 2.04.